The van der Waals surface area contributed by atoms with Crippen LogP contribution in [0.15, 0.2) is 47.4 Å². The summed E-state index contributed by atoms with van der Waals surface area (Å²) in [7, 11) is 0. The van der Waals surface area contributed by atoms with Crippen LogP contribution in [0, 0.1) is 5.82 Å². The monoisotopic (exact) mass is 276 g/mol. The molecule has 1 amide bonds. The van der Waals surface area contributed by atoms with E-state index >= 15 is 0 Å². The topological polar surface area (TPSA) is 82.2 Å². The summed E-state index contributed by atoms with van der Waals surface area (Å²) in [6.45, 7) is -0.0706. The number of halogens is 1. The number of nitrogens with one attached hydrogen (secondary N) is 2. The third-order valence-corrected chi connectivity index (χ3v) is 2.77. The summed E-state index contributed by atoms with van der Waals surface area (Å²) in [5.74, 6) is -0.978. The predicted octanol–water partition coefficient (Wildman–Crippen LogP) is 0.977. The summed E-state index contributed by atoms with van der Waals surface area (Å²) in [6.07, 6.45) is 0.453. The van der Waals surface area contributed by atoms with Gasteiger partial charge in [-0.25, -0.2) is 4.39 Å². The highest BCUT2D eigenvalue weighted by molar-refractivity contribution is 5.93. The number of hydrogen-bond acceptors (Lipinski definition) is 3. The van der Waals surface area contributed by atoms with E-state index < -0.39 is 23.4 Å². The Morgan fingerprint density at radius 3 is 2.65 bits per heavy atom. The first-order chi connectivity index (χ1) is 9.58. The highest BCUT2D eigenvalue weighted by Gasteiger charge is 2.12. The van der Waals surface area contributed by atoms with Crippen LogP contribution in [-0.4, -0.2) is 22.5 Å². The zero-order valence-electron chi connectivity index (χ0n) is 10.5. The Morgan fingerprint density at radius 2 is 2.00 bits per heavy atom. The number of aliphatic hydroxyl groups excluding tert-OH is 1. The average molecular weight is 276 g/mol. The van der Waals surface area contributed by atoms with Gasteiger partial charge >= 0.3 is 0 Å². The van der Waals surface area contributed by atoms with Crippen molar-refractivity contribution in [3.8, 4) is 0 Å². The number of H-pyrrole nitrogens is 1. The highest BCUT2D eigenvalue weighted by Crippen LogP contribution is 2.12. The number of carbonyl (C=O) groups is 1. The van der Waals surface area contributed by atoms with E-state index in [2.05, 4.69) is 10.3 Å². The molecular weight excluding hydrogens is 263 g/mol. The third kappa shape index (κ3) is 3.30. The van der Waals surface area contributed by atoms with Gasteiger partial charge < -0.3 is 15.4 Å². The Balaban J connectivity index is 1.98. The van der Waals surface area contributed by atoms with Gasteiger partial charge in [0.25, 0.3) is 11.5 Å². The molecule has 0 spiro atoms. The summed E-state index contributed by atoms with van der Waals surface area (Å²) in [5, 5.41) is 12.3. The van der Waals surface area contributed by atoms with Crippen molar-refractivity contribution in [3.05, 3.63) is 69.9 Å². The van der Waals surface area contributed by atoms with Gasteiger partial charge in [-0.3, -0.25) is 9.59 Å². The van der Waals surface area contributed by atoms with Gasteiger partial charge in [0, 0.05) is 12.7 Å². The van der Waals surface area contributed by atoms with E-state index in [1.165, 1.54) is 42.6 Å². The fourth-order valence-corrected chi connectivity index (χ4v) is 1.69. The first kappa shape index (κ1) is 14.0. The number of aromatic amines is 1. The quantitative estimate of drug-likeness (QED) is 0.778. The van der Waals surface area contributed by atoms with Crippen molar-refractivity contribution in [2.75, 3.05) is 6.54 Å². The molecule has 2 aromatic rings. The standard InChI is InChI=1S/C14H13FN2O3/c15-10-5-3-9(4-6-10)12(18)8-17-14(20)11-2-1-7-16-13(11)19/h1-7,12,18H,8H2,(H,16,19)(H,17,20). The number of hydrogen-bond donors (Lipinski definition) is 3. The Labute approximate surface area is 114 Å². The van der Waals surface area contributed by atoms with Gasteiger partial charge in [0.1, 0.15) is 11.4 Å². The second-order valence-electron chi connectivity index (χ2n) is 4.19. The maximum Gasteiger partial charge on any atom is 0.260 e. The molecule has 0 aliphatic rings. The summed E-state index contributed by atoms with van der Waals surface area (Å²) in [5.41, 5.74) is -0.0475. The van der Waals surface area contributed by atoms with Crippen LogP contribution < -0.4 is 10.9 Å². The molecule has 0 bridgehead atoms. The number of amides is 1. The molecule has 20 heavy (non-hydrogen) atoms. The molecule has 0 aliphatic carbocycles. The lowest BCUT2D eigenvalue weighted by molar-refractivity contribution is 0.0914. The maximum absolute atomic E-state index is 12.7. The zero-order chi connectivity index (χ0) is 14.5. The van der Waals surface area contributed by atoms with Crippen molar-refractivity contribution in [1.82, 2.24) is 10.3 Å². The van der Waals surface area contributed by atoms with Crippen LogP contribution in [0.1, 0.15) is 22.0 Å². The van der Waals surface area contributed by atoms with Gasteiger partial charge in [-0.15, -0.1) is 0 Å². The second-order valence-corrected chi connectivity index (χ2v) is 4.19. The van der Waals surface area contributed by atoms with Crippen LogP contribution >= 0.6 is 0 Å². The lowest BCUT2D eigenvalue weighted by Crippen LogP contribution is -2.32. The van der Waals surface area contributed by atoms with E-state index in [4.69, 9.17) is 0 Å². The van der Waals surface area contributed by atoms with Crippen LogP contribution in [0.5, 0.6) is 0 Å². The van der Waals surface area contributed by atoms with Gasteiger partial charge in [0.2, 0.25) is 0 Å². The summed E-state index contributed by atoms with van der Waals surface area (Å²) >= 11 is 0. The first-order valence-corrected chi connectivity index (χ1v) is 5.97. The van der Waals surface area contributed by atoms with Gasteiger partial charge in [-0.1, -0.05) is 12.1 Å². The van der Waals surface area contributed by atoms with Gasteiger partial charge in [-0.2, -0.15) is 0 Å². The van der Waals surface area contributed by atoms with Crippen LogP contribution in [0.4, 0.5) is 4.39 Å². The number of rotatable bonds is 4. The normalized spacial score (nSPS) is 11.9. The average Bonchev–Trinajstić information content (AvgIpc) is 2.45. The number of aromatic nitrogens is 1. The smallest absolute Gasteiger partial charge is 0.260 e. The molecule has 5 nitrogen and oxygen atoms in total. The van der Waals surface area contributed by atoms with Gasteiger partial charge in [0.15, 0.2) is 0 Å². The Morgan fingerprint density at radius 1 is 1.30 bits per heavy atom. The van der Waals surface area contributed by atoms with Crippen molar-refractivity contribution < 1.29 is 14.3 Å². The molecular formula is C14H13FN2O3. The zero-order valence-corrected chi connectivity index (χ0v) is 10.5. The Kier molecular flexibility index (Phi) is 4.27. The van der Waals surface area contributed by atoms with E-state index in [-0.39, 0.29) is 12.1 Å². The number of pyridine rings is 1. The summed E-state index contributed by atoms with van der Waals surface area (Å²) < 4.78 is 12.7. The first-order valence-electron chi connectivity index (χ1n) is 5.97. The number of carbonyl (C=O) groups excluding carboxylic acids is 1. The van der Waals surface area contributed by atoms with E-state index in [9.17, 15) is 19.1 Å². The molecule has 0 saturated carbocycles. The summed E-state index contributed by atoms with van der Waals surface area (Å²) in [4.78, 5) is 25.5. The molecule has 104 valence electrons. The SMILES string of the molecule is O=C(NCC(O)c1ccc(F)cc1)c1ccc[nH]c1=O. The Hall–Kier alpha value is -2.47. The molecule has 6 heteroatoms. The van der Waals surface area contributed by atoms with Crippen molar-refractivity contribution in [3.63, 3.8) is 0 Å². The van der Waals surface area contributed by atoms with E-state index in [0.717, 1.165) is 0 Å². The van der Waals surface area contributed by atoms with Crippen molar-refractivity contribution >= 4 is 5.91 Å². The molecule has 1 aromatic carbocycles. The van der Waals surface area contributed by atoms with Gasteiger partial charge in [-0.05, 0) is 29.8 Å². The molecule has 0 aliphatic heterocycles. The minimum absolute atomic E-state index is 0.0289. The van der Waals surface area contributed by atoms with Gasteiger partial charge in [0.05, 0.1) is 6.10 Å². The lowest BCUT2D eigenvalue weighted by Gasteiger charge is -2.12. The van der Waals surface area contributed by atoms with Crippen LogP contribution in [-0.2, 0) is 0 Å². The van der Waals surface area contributed by atoms with E-state index in [1.54, 1.807) is 0 Å². The molecule has 0 saturated heterocycles. The van der Waals surface area contributed by atoms with Crippen molar-refractivity contribution in [2.45, 2.75) is 6.10 Å². The molecule has 0 radical (unpaired) electrons. The molecule has 1 aromatic heterocycles. The minimum atomic E-state index is -0.970. The molecule has 1 unspecified atom stereocenters. The summed E-state index contributed by atoms with van der Waals surface area (Å²) in [6, 6.07) is 8.23. The molecule has 2 rings (SSSR count). The predicted molar refractivity (Wildman–Crippen MR) is 70.8 cm³/mol. The second kappa shape index (κ2) is 6.12. The van der Waals surface area contributed by atoms with E-state index in [1.807, 2.05) is 0 Å². The molecule has 0 fully saturated rings. The maximum atomic E-state index is 12.7. The Bertz CT molecular complexity index is 652. The van der Waals surface area contributed by atoms with Crippen LogP contribution in [0.25, 0.3) is 0 Å². The van der Waals surface area contributed by atoms with Crippen molar-refractivity contribution in [2.24, 2.45) is 0 Å². The molecule has 3 N–H and O–H groups in total. The third-order valence-electron chi connectivity index (χ3n) is 2.77. The lowest BCUT2D eigenvalue weighted by atomic mass is 10.1. The minimum Gasteiger partial charge on any atom is -0.387 e. The highest BCUT2D eigenvalue weighted by atomic mass is 19.1. The van der Waals surface area contributed by atoms with Crippen molar-refractivity contribution in [1.29, 1.82) is 0 Å². The fraction of sp³-hybridized carbons (Fsp3) is 0.143. The fourth-order valence-electron chi connectivity index (χ4n) is 1.69. The van der Waals surface area contributed by atoms with E-state index in [0.29, 0.717) is 5.56 Å². The molecule has 1 atom stereocenters. The molecule has 1 heterocycles. The largest absolute Gasteiger partial charge is 0.387 e. The number of benzene rings is 1. The van der Waals surface area contributed by atoms with Crippen LogP contribution in [0.3, 0.4) is 0 Å². The number of aliphatic hydroxyl groups is 1. The van der Waals surface area contributed by atoms with Crippen LogP contribution in [0.2, 0.25) is 0 Å².